The molecule has 3 rings (SSSR count). The molecule has 0 aliphatic heterocycles. The Balaban J connectivity index is 1.90. The van der Waals surface area contributed by atoms with E-state index in [-0.39, 0.29) is 17.6 Å². The van der Waals surface area contributed by atoms with Gasteiger partial charge < -0.3 is 15.0 Å². The molecule has 0 heterocycles. The van der Waals surface area contributed by atoms with Gasteiger partial charge in [-0.15, -0.1) is 11.8 Å². The number of ether oxygens (including phenoxy) is 1. The molecule has 178 valence electrons. The maximum Gasteiger partial charge on any atom is 0.243 e. The van der Waals surface area contributed by atoms with Gasteiger partial charge in [0.25, 0.3) is 0 Å². The van der Waals surface area contributed by atoms with Crippen LogP contribution in [0.3, 0.4) is 0 Å². The number of benzene rings is 3. The number of hydrogen-bond acceptors (Lipinski definition) is 4. The minimum absolute atomic E-state index is 0.0794. The van der Waals surface area contributed by atoms with E-state index >= 15 is 0 Å². The summed E-state index contributed by atoms with van der Waals surface area (Å²) in [7, 11) is 1.62. The average Bonchev–Trinajstić information content (AvgIpc) is 2.89. The minimum Gasteiger partial charge on any atom is -0.497 e. The van der Waals surface area contributed by atoms with E-state index in [4.69, 9.17) is 4.74 Å². The zero-order valence-electron chi connectivity index (χ0n) is 19.8. The SMILES string of the molecule is CCCNC(=O)C(Cc1ccccc1)N(Cc1cccc(OC)c1)C(=O)CSc1ccccc1. The number of thioether (sulfide) groups is 1. The highest BCUT2D eigenvalue weighted by Gasteiger charge is 2.30. The molecule has 0 radical (unpaired) electrons. The highest BCUT2D eigenvalue weighted by molar-refractivity contribution is 8.00. The van der Waals surface area contributed by atoms with Crippen LogP contribution in [-0.4, -0.2) is 42.2 Å². The van der Waals surface area contributed by atoms with Crippen molar-refractivity contribution in [3.8, 4) is 5.75 Å². The summed E-state index contributed by atoms with van der Waals surface area (Å²) < 4.78 is 5.37. The molecule has 0 saturated carbocycles. The minimum atomic E-state index is -0.621. The molecule has 0 saturated heterocycles. The van der Waals surface area contributed by atoms with Crippen molar-refractivity contribution in [2.45, 2.75) is 37.2 Å². The first kappa shape index (κ1) is 25.4. The number of rotatable bonds is 12. The number of hydrogen-bond donors (Lipinski definition) is 1. The first-order valence-corrected chi connectivity index (χ1v) is 12.5. The molecule has 0 fully saturated rings. The molecule has 1 N–H and O–H groups in total. The molecule has 0 spiro atoms. The number of amides is 2. The van der Waals surface area contributed by atoms with Crippen LogP contribution in [0.5, 0.6) is 5.75 Å². The molecule has 0 bridgehead atoms. The summed E-state index contributed by atoms with van der Waals surface area (Å²) >= 11 is 1.48. The Labute approximate surface area is 206 Å². The van der Waals surface area contributed by atoms with Gasteiger partial charge in [0.15, 0.2) is 0 Å². The predicted molar refractivity (Wildman–Crippen MR) is 138 cm³/mol. The predicted octanol–water partition coefficient (Wildman–Crippen LogP) is 4.95. The fourth-order valence-corrected chi connectivity index (χ4v) is 4.44. The van der Waals surface area contributed by atoms with Crippen molar-refractivity contribution in [3.05, 3.63) is 96.1 Å². The lowest BCUT2D eigenvalue weighted by Gasteiger charge is -2.31. The van der Waals surface area contributed by atoms with E-state index in [1.807, 2.05) is 91.9 Å². The zero-order chi connectivity index (χ0) is 24.2. The van der Waals surface area contributed by atoms with Crippen LogP contribution in [0.1, 0.15) is 24.5 Å². The third-order valence-electron chi connectivity index (χ3n) is 5.41. The molecular weight excluding hydrogens is 444 g/mol. The third-order valence-corrected chi connectivity index (χ3v) is 6.41. The monoisotopic (exact) mass is 476 g/mol. The topological polar surface area (TPSA) is 58.6 Å². The Morgan fingerprint density at radius 3 is 2.29 bits per heavy atom. The van der Waals surface area contributed by atoms with Crippen molar-refractivity contribution >= 4 is 23.6 Å². The van der Waals surface area contributed by atoms with Gasteiger partial charge in [-0.1, -0.05) is 67.6 Å². The van der Waals surface area contributed by atoms with Crippen molar-refractivity contribution in [2.75, 3.05) is 19.4 Å². The number of carbonyl (C=O) groups is 2. The van der Waals surface area contributed by atoms with Crippen LogP contribution in [0.25, 0.3) is 0 Å². The lowest BCUT2D eigenvalue weighted by molar-refractivity contribution is -0.139. The second kappa shape index (κ2) is 13.5. The van der Waals surface area contributed by atoms with Gasteiger partial charge in [0.1, 0.15) is 11.8 Å². The maximum absolute atomic E-state index is 13.6. The van der Waals surface area contributed by atoms with Crippen molar-refractivity contribution in [3.63, 3.8) is 0 Å². The van der Waals surface area contributed by atoms with Crippen LogP contribution >= 0.6 is 11.8 Å². The number of nitrogens with one attached hydrogen (secondary N) is 1. The number of nitrogens with zero attached hydrogens (tertiary/aromatic N) is 1. The standard InChI is InChI=1S/C28H32N2O3S/c1-3-17-29-28(32)26(19-22-11-6-4-7-12-22)30(20-23-13-10-14-24(18-23)33-2)27(31)21-34-25-15-8-5-9-16-25/h4-16,18,26H,3,17,19-21H2,1-2H3,(H,29,32). The van der Waals surface area contributed by atoms with Gasteiger partial charge in [-0.2, -0.15) is 0 Å². The van der Waals surface area contributed by atoms with E-state index in [1.54, 1.807) is 12.0 Å². The highest BCUT2D eigenvalue weighted by Crippen LogP contribution is 2.22. The first-order valence-electron chi connectivity index (χ1n) is 11.5. The number of methoxy groups -OCH3 is 1. The second-order valence-electron chi connectivity index (χ2n) is 7.97. The molecule has 5 nitrogen and oxygen atoms in total. The Bertz CT molecular complexity index is 1040. The normalized spacial score (nSPS) is 11.5. The Hall–Kier alpha value is -3.25. The van der Waals surface area contributed by atoms with Crippen LogP contribution < -0.4 is 10.1 Å². The molecule has 1 atom stereocenters. The molecule has 3 aromatic carbocycles. The summed E-state index contributed by atoms with van der Waals surface area (Å²) in [5.41, 5.74) is 1.93. The van der Waals surface area contributed by atoms with E-state index in [9.17, 15) is 9.59 Å². The van der Waals surface area contributed by atoms with E-state index < -0.39 is 6.04 Å². The molecule has 34 heavy (non-hydrogen) atoms. The Morgan fingerprint density at radius 2 is 1.62 bits per heavy atom. The fraction of sp³-hybridized carbons (Fsp3) is 0.286. The quantitative estimate of drug-likeness (QED) is 0.376. The van der Waals surface area contributed by atoms with Gasteiger partial charge in [0.2, 0.25) is 11.8 Å². The molecule has 2 amide bonds. The second-order valence-corrected chi connectivity index (χ2v) is 9.02. The lowest BCUT2D eigenvalue weighted by Crippen LogP contribution is -2.51. The molecule has 0 aliphatic carbocycles. The van der Waals surface area contributed by atoms with Gasteiger partial charge in [-0.3, -0.25) is 9.59 Å². The summed E-state index contributed by atoms with van der Waals surface area (Å²) in [5.74, 6) is 0.759. The third kappa shape index (κ3) is 7.66. The van der Waals surface area contributed by atoms with Crippen molar-refractivity contribution in [1.29, 1.82) is 0 Å². The van der Waals surface area contributed by atoms with Gasteiger partial charge in [-0.05, 0) is 41.8 Å². The largest absolute Gasteiger partial charge is 0.497 e. The number of carbonyl (C=O) groups excluding carboxylic acids is 2. The zero-order valence-corrected chi connectivity index (χ0v) is 20.6. The maximum atomic E-state index is 13.6. The fourth-order valence-electron chi connectivity index (χ4n) is 3.63. The van der Waals surface area contributed by atoms with Crippen LogP contribution in [0, 0.1) is 0 Å². The van der Waals surface area contributed by atoms with Gasteiger partial charge >= 0.3 is 0 Å². The first-order chi connectivity index (χ1) is 16.6. The van der Waals surface area contributed by atoms with E-state index in [1.165, 1.54) is 11.8 Å². The lowest BCUT2D eigenvalue weighted by atomic mass is 10.0. The summed E-state index contributed by atoms with van der Waals surface area (Å²) in [6.45, 7) is 2.91. The van der Waals surface area contributed by atoms with Crippen LogP contribution in [0.2, 0.25) is 0 Å². The Morgan fingerprint density at radius 1 is 0.941 bits per heavy atom. The molecule has 1 unspecified atom stereocenters. The molecule has 0 aromatic heterocycles. The van der Waals surface area contributed by atoms with Gasteiger partial charge in [0, 0.05) is 24.4 Å². The Kier molecular flexibility index (Phi) is 10.0. The van der Waals surface area contributed by atoms with Crippen molar-refractivity contribution < 1.29 is 14.3 Å². The molecule has 3 aromatic rings. The molecular formula is C28H32N2O3S. The summed E-state index contributed by atoms with van der Waals surface area (Å²) in [6, 6.07) is 26.7. The van der Waals surface area contributed by atoms with Crippen molar-refractivity contribution in [1.82, 2.24) is 10.2 Å². The van der Waals surface area contributed by atoms with E-state index in [0.717, 1.165) is 28.2 Å². The highest BCUT2D eigenvalue weighted by atomic mass is 32.2. The van der Waals surface area contributed by atoms with Crippen LogP contribution in [0.4, 0.5) is 0 Å². The summed E-state index contributed by atoms with van der Waals surface area (Å²) in [5, 5.41) is 3.01. The van der Waals surface area contributed by atoms with Gasteiger partial charge in [0.05, 0.1) is 12.9 Å². The van der Waals surface area contributed by atoms with E-state index in [2.05, 4.69) is 5.32 Å². The van der Waals surface area contributed by atoms with Crippen molar-refractivity contribution in [2.24, 2.45) is 0 Å². The van der Waals surface area contributed by atoms with Gasteiger partial charge in [-0.25, -0.2) is 0 Å². The van der Waals surface area contributed by atoms with E-state index in [0.29, 0.717) is 19.5 Å². The smallest absolute Gasteiger partial charge is 0.243 e. The van der Waals surface area contributed by atoms with Crippen LogP contribution in [-0.2, 0) is 22.6 Å². The summed E-state index contributed by atoms with van der Waals surface area (Å²) in [4.78, 5) is 29.6. The average molecular weight is 477 g/mol. The summed E-state index contributed by atoms with van der Waals surface area (Å²) in [6.07, 6.45) is 1.28. The van der Waals surface area contributed by atoms with Crippen LogP contribution in [0.15, 0.2) is 89.8 Å². The molecule has 6 heteroatoms. The molecule has 0 aliphatic rings.